The van der Waals surface area contributed by atoms with Gasteiger partial charge in [-0.1, -0.05) is 30.3 Å². The molecule has 1 aromatic rings. The summed E-state index contributed by atoms with van der Waals surface area (Å²) in [6, 6.07) is 7.65. The number of rotatable bonds is 7. The van der Waals surface area contributed by atoms with E-state index in [2.05, 4.69) is 5.32 Å². The fraction of sp³-hybridized carbons (Fsp3) is 0.529. The Labute approximate surface area is 150 Å². The van der Waals surface area contributed by atoms with Gasteiger partial charge in [0.1, 0.15) is 23.9 Å². The first-order chi connectivity index (χ1) is 12.3. The van der Waals surface area contributed by atoms with Crippen LogP contribution in [0.1, 0.15) is 18.9 Å². The molecule has 0 aromatic heterocycles. The Morgan fingerprint density at radius 1 is 1.31 bits per heavy atom. The molecule has 26 heavy (non-hydrogen) atoms. The monoisotopic (exact) mass is 369 g/mol. The van der Waals surface area contributed by atoms with Crippen molar-refractivity contribution in [2.45, 2.75) is 50.1 Å². The fourth-order valence-electron chi connectivity index (χ4n) is 2.97. The van der Waals surface area contributed by atoms with E-state index in [-0.39, 0.29) is 6.61 Å². The molecule has 9 nitrogen and oxygen atoms in total. The van der Waals surface area contributed by atoms with Crippen LogP contribution in [-0.2, 0) is 25.7 Å². The van der Waals surface area contributed by atoms with Gasteiger partial charge in [0.15, 0.2) is 6.29 Å². The molecular formula is C17H23NO8. The fourth-order valence-corrected chi connectivity index (χ4v) is 2.97. The smallest absolute Gasteiger partial charge is 0.306 e. The topological polar surface area (TPSA) is 146 Å². The van der Waals surface area contributed by atoms with E-state index in [1.165, 1.54) is 6.92 Å². The second kappa shape index (κ2) is 8.56. The number of ether oxygens (including phenoxy) is 2. The lowest BCUT2D eigenvalue weighted by Crippen LogP contribution is -2.72. The Hall–Kier alpha value is -2.04. The minimum absolute atomic E-state index is 0.0546. The Morgan fingerprint density at radius 3 is 2.50 bits per heavy atom. The van der Waals surface area contributed by atoms with Gasteiger partial charge in [-0.15, -0.1) is 0 Å². The number of aliphatic carboxylic acids is 1. The molecule has 1 fully saturated rings. The van der Waals surface area contributed by atoms with Gasteiger partial charge in [-0.2, -0.15) is 0 Å². The quantitative estimate of drug-likeness (QED) is 0.411. The number of nitrogens with one attached hydrogen (secondary N) is 1. The second-order valence-electron chi connectivity index (χ2n) is 6.21. The number of amides is 1. The summed E-state index contributed by atoms with van der Waals surface area (Å²) in [7, 11) is 0. The van der Waals surface area contributed by atoms with Crippen molar-refractivity contribution in [3.05, 3.63) is 35.9 Å². The van der Waals surface area contributed by atoms with Gasteiger partial charge in [0.2, 0.25) is 5.91 Å². The number of hydrogen-bond donors (Lipinski definition) is 5. The van der Waals surface area contributed by atoms with E-state index in [0.717, 1.165) is 5.56 Å². The molecular weight excluding hydrogens is 346 g/mol. The van der Waals surface area contributed by atoms with Gasteiger partial charge in [0.05, 0.1) is 19.6 Å². The molecule has 1 amide bonds. The van der Waals surface area contributed by atoms with E-state index in [1.807, 2.05) is 6.07 Å². The molecule has 144 valence electrons. The lowest BCUT2D eigenvalue weighted by molar-refractivity contribution is -0.303. The van der Waals surface area contributed by atoms with Crippen LogP contribution < -0.4 is 5.32 Å². The number of aliphatic hydroxyl groups excluding tert-OH is 2. The molecule has 0 saturated carbocycles. The van der Waals surface area contributed by atoms with E-state index in [1.54, 1.807) is 24.3 Å². The maximum atomic E-state index is 11.6. The number of hydrogen-bond acceptors (Lipinski definition) is 7. The van der Waals surface area contributed by atoms with Crippen LogP contribution in [0, 0.1) is 0 Å². The molecule has 0 spiro atoms. The largest absolute Gasteiger partial charge is 0.481 e. The van der Waals surface area contributed by atoms with Gasteiger partial charge < -0.3 is 35.2 Å². The number of carboxylic acid groups (broad SMARTS) is 1. The lowest BCUT2D eigenvalue weighted by Gasteiger charge is -2.49. The highest BCUT2D eigenvalue weighted by Crippen LogP contribution is 2.33. The molecule has 1 aliphatic rings. The Morgan fingerprint density at radius 2 is 1.96 bits per heavy atom. The first-order valence-electron chi connectivity index (χ1n) is 8.09. The molecule has 2 rings (SSSR count). The van der Waals surface area contributed by atoms with E-state index in [0.29, 0.717) is 0 Å². The van der Waals surface area contributed by atoms with Crippen molar-refractivity contribution in [1.29, 1.82) is 0 Å². The summed E-state index contributed by atoms with van der Waals surface area (Å²) in [5, 5.41) is 42.1. The summed E-state index contributed by atoms with van der Waals surface area (Å²) in [6.45, 7) is 0.569. The highest BCUT2D eigenvalue weighted by molar-refractivity contribution is 5.74. The van der Waals surface area contributed by atoms with Crippen LogP contribution in [0.15, 0.2) is 30.3 Å². The summed E-state index contributed by atoms with van der Waals surface area (Å²) >= 11 is 0. The third-order valence-electron chi connectivity index (χ3n) is 4.21. The van der Waals surface area contributed by atoms with Crippen molar-refractivity contribution in [3.63, 3.8) is 0 Å². The van der Waals surface area contributed by atoms with Crippen LogP contribution in [-0.4, -0.2) is 69.1 Å². The van der Waals surface area contributed by atoms with Crippen LogP contribution >= 0.6 is 0 Å². The van der Waals surface area contributed by atoms with Gasteiger partial charge in [-0.3, -0.25) is 9.59 Å². The molecule has 1 saturated heterocycles. The van der Waals surface area contributed by atoms with Gasteiger partial charge in [-0.25, -0.2) is 0 Å². The minimum atomic E-state index is -2.29. The van der Waals surface area contributed by atoms with Gasteiger partial charge in [0, 0.05) is 6.92 Å². The van der Waals surface area contributed by atoms with Gasteiger partial charge in [0.25, 0.3) is 0 Å². The van der Waals surface area contributed by atoms with Crippen LogP contribution in [0.2, 0.25) is 0 Å². The third kappa shape index (κ3) is 4.57. The molecule has 1 aliphatic heterocycles. The standard InChI is InChI=1S/C17H23NO8/c1-10(20)18-14-16(25-9-11-5-3-2-4-6-11)26-12(8-19)15(23)17(14,24)7-13(21)22/h2-6,12,14-16,19,23-24H,7-9H2,1H3,(H,18,20)(H,21,22)/t12-,14+,15-,16+,17-/m1/s1. The number of carboxylic acids is 1. The van der Waals surface area contributed by atoms with E-state index >= 15 is 0 Å². The molecule has 0 aliphatic carbocycles. The van der Waals surface area contributed by atoms with Gasteiger partial charge >= 0.3 is 5.97 Å². The lowest BCUT2D eigenvalue weighted by atomic mass is 9.79. The first-order valence-corrected chi connectivity index (χ1v) is 8.09. The zero-order valence-corrected chi connectivity index (χ0v) is 14.2. The Kier molecular flexibility index (Phi) is 6.68. The molecule has 1 aromatic carbocycles. The molecule has 0 unspecified atom stereocenters. The van der Waals surface area contributed by atoms with E-state index < -0.39 is 55.0 Å². The van der Waals surface area contributed by atoms with E-state index in [4.69, 9.17) is 14.6 Å². The number of aliphatic hydroxyl groups is 3. The Balaban J connectivity index is 2.29. The molecule has 9 heteroatoms. The average molecular weight is 369 g/mol. The average Bonchev–Trinajstić information content (AvgIpc) is 2.59. The second-order valence-corrected chi connectivity index (χ2v) is 6.21. The summed E-state index contributed by atoms with van der Waals surface area (Å²) in [6.07, 6.45) is -5.16. The normalized spacial score (nSPS) is 31.4. The maximum absolute atomic E-state index is 11.6. The van der Waals surface area contributed by atoms with Crippen molar-refractivity contribution >= 4 is 11.9 Å². The Bertz CT molecular complexity index is 624. The van der Waals surface area contributed by atoms with Crippen LogP contribution in [0.4, 0.5) is 0 Å². The SMILES string of the molecule is CC(=O)N[C@H]1[C@@H](OCc2ccccc2)O[C@H](CO)[C@@H](O)[C@@]1(O)CC(=O)O. The highest BCUT2D eigenvalue weighted by Gasteiger charge is 2.57. The third-order valence-corrected chi connectivity index (χ3v) is 4.21. The van der Waals surface area contributed by atoms with Crippen LogP contribution in [0.5, 0.6) is 0 Å². The molecule has 5 atom stereocenters. The van der Waals surface area contributed by atoms with E-state index in [9.17, 15) is 24.9 Å². The number of carbonyl (C=O) groups is 2. The van der Waals surface area contributed by atoms with Gasteiger partial charge in [-0.05, 0) is 5.56 Å². The van der Waals surface area contributed by atoms with Crippen LogP contribution in [0.3, 0.4) is 0 Å². The maximum Gasteiger partial charge on any atom is 0.306 e. The summed E-state index contributed by atoms with van der Waals surface area (Å²) in [5.41, 5.74) is -1.50. The molecule has 1 heterocycles. The zero-order valence-electron chi connectivity index (χ0n) is 14.2. The predicted molar refractivity (Wildman–Crippen MR) is 87.8 cm³/mol. The van der Waals surface area contributed by atoms with Crippen molar-refractivity contribution in [3.8, 4) is 0 Å². The number of benzene rings is 1. The van der Waals surface area contributed by atoms with Crippen molar-refractivity contribution in [1.82, 2.24) is 5.32 Å². The summed E-state index contributed by atoms with van der Waals surface area (Å²) in [5.74, 6) is -1.95. The molecule has 5 N–H and O–H groups in total. The van der Waals surface area contributed by atoms with Crippen molar-refractivity contribution in [2.24, 2.45) is 0 Å². The summed E-state index contributed by atoms with van der Waals surface area (Å²) in [4.78, 5) is 22.8. The van der Waals surface area contributed by atoms with Crippen molar-refractivity contribution < 1.29 is 39.5 Å². The molecule has 0 bridgehead atoms. The minimum Gasteiger partial charge on any atom is -0.481 e. The predicted octanol–water partition coefficient (Wildman–Crippen LogP) is -1.01. The summed E-state index contributed by atoms with van der Waals surface area (Å²) < 4.78 is 11.1. The zero-order chi connectivity index (χ0) is 19.3. The molecule has 0 radical (unpaired) electrons. The van der Waals surface area contributed by atoms with Crippen molar-refractivity contribution in [2.75, 3.05) is 6.61 Å². The first kappa shape index (κ1) is 20.3. The van der Waals surface area contributed by atoms with Crippen LogP contribution in [0.25, 0.3) is 0 Å². The highest BCUT2D eigenvalue weighted by atomic mass is 16.7. The number of carbonyl (C=O) groups excluding carboxylic acids is 1.